The summed E-state index contributed by atoms with van der Waals surface area (Å²) in [6, 6.07) is 1.43. The minimum Gasteiger partial charge on any atom is -0.477 e. The van der Waals surface area contributed by atoms with Gasteiger partial charge in [0.2, 0.25) is 0 Å². The van der Waals surface area contributed by atoms with Crippen molar-refractivity contribution >= 4 is 5.97 Å². The first-order valence-corrected chi connectivity index (χ1v) is 6.09. The first kappa shape index (κ1) is 13.1. The third-order valence-electron chi connectivity index (χ3n) is 2.60. The minimum absolute atomic E-state index is 0.0434. The number of carboxylic acids is 1. The topological polar surface area (TPSA) is 93.8 Å². The SMILES string of the molecule is CCc1nc(CC)n(-c2nc(C)cc(C(=O)O)n2)n1. The molecule has 0 aliphatic rings. The quantitative estimate of drug-likeness (QED) is 0.888. The maximum absolute atomic E-state index is 11.0. The standard InChI is InChI=1S/C12H15N5O2/c1-4-9-15-10(5-2)17(16-9)12-13-7(3)6-8(14-12)11(18)19/h6H,4-5H2,1-3H3,(H,18,19). The summed E-state index contributed by atoms with van der Waals surface area (Å²) in [5, 5.41) is 13.3. The maximum atomic E-state index is 11.0. The van der Waals surface area contributed by atoms with E-state index in [0.29, 0.717) is 24.4 Å². The van der Waals surface area contributed by atoms with Crippen LogP contribution in [0.2, 0.25) is 0 Å². The number of hydrogen-bond donors (Lipinski definition) is 1. The van der Waals surface area contributed by atoms with Gasteiger partial charge in [0.25, 0.3) is 5.95 Å². The van der Waals surface area contributed by atoms with E-state index >= 15 is 0 Å². The average molecular weight is 261 g/mol. The molecule has 2 heterocycles. The van der Waals surface area contributed by atoms with Crippen LogP contribution < -0.4 is 0 Å². The van der Waals surface area contributed by atoms with Crippen molar-refractivity contribution in [3.05, 3.63) is 29.1 Å². The first-order chi connectivity index (χ1) is 9.05. The highest BCUT2D eigenvalue weighted by atomic mass is 16.4. The zero-order valence-corrected chi connectivity index (χ0v) is 11.1. The molecule has 0 spiro atoms. The van der Waals surface area contributed by atoms with Crippen LogP contribution in [-0.2, 0) is 12.8 Å². The van der Waals surface area contributed by atoms with Gasteiger partial charge in [0.1, 0.15) is 5.82 Å². The number of nitrogens with zero attached hydrogens (tertiary/aromatic N) is 5. The lowest BCUT2D eigenvalue weighted by molar-refractivity contribution is 0.0690. The zero-order chi connectivity index (χ0) is 14.0. The fourth-order valence-electron chi connectivity index (χ4n) is 1.69. The molecule has 0 aromatic carbocycles. The number of aromatic carboxylic acids is 1. The monoisotopic (exact) mass is 261 g/mol. The molecule has 1 N–H and O–H groups in total. The Morgan fingerprint density at radius 1 is 1.26 bits per heavy atom. The van der Waals surface area contributed by atoms with Gasteiger partial charge in [-0.05, 0) is 13.0 Å². The van der Waals surface area contributed by atoms with Crippen molar-refractivity contribution in [3.63, 3.8) is 0 Å². The number of hydrogen-bond acceptors (Lipinski definition) is 5. The second-order valence-electron chi connectivity index (χ2n) is 4.06. The molecule has 0 unspecified atom stereocenters. The Hall–Kier alpha value is -2.31. The van der Waals surface area contributed by atoms with E-state index in [4.69, 9.17) is 5.11 Å². The second-order valence-corrected chi connectivity index (χ2v) is 4.06. The van der Waals surface area contributed by atoms with Crippen molar-refractivity contribution in [2.75, 3.05) is 0 Å². The molecule has 100 valence electrons. The van der Waals surface area contributed by atoms with Crippen LogP contribution in [-0.4, -0.2) is 35.8 Å². The zero-order valence-electron chi connectivity index (χ0n) is 11.1. The summed E-state index contributed by atoms with van der Waals surface area (Å²) in [4.78, 5) is 23.6. The molecule has 0 atom stereocenters. The van der Waals surface area contributed by atoms with Gasteiger partial charge in [0.15, 0.2) is 11.5 Å². The van der Waals surface area contributed by atoms with E-state index < -0.39 is 5.97 Å². The van der Waals surface area contributed by atoms with E-state index in [2.05, 4.69) is 20.1 Å². The van der Waals surface area contributed by atoms with E-state index in [-0.39, 0.29) is 11.6 Å². The van der Waals surface area contributed by atoms with Crippen molar-refractivity contribution < 1.29 is 9.90 Å². The average Bonchev–Trinajstić information content (AvgIpc) is 2.81. The van der Waals surface area contributed by atoms with E-state index in [1.807, 2.05) is 13.8 Å². The highest BCUT2D eigenvalue weighted by Gasteiger charge is 2.15. The third kappa shape index (κ3) is 2.59. The smallest absolute Gasteiger partial charge is 0.354 e. The number of carboxylic acid groups (broad SMARTS) is 1. The number of carbonyl (C=O) groups is 1. The molecular formula is C12H15N5O2. The second kappa shape index (κ2) is 5.13. The normalized spacial score (nSPS) is 10.7. The molecule has 0 amide bonds. The maximum Gasteiger partial charge on any atom is 0.354 e. The van der Waals surface area contributed by atoms with Crippen LogP contribution in [0.4, 0.5) is 0 Å². The molecule has 2 rings (SSSR count). The van der Waals surface area contributed by atoms with Crippen molar-refractivity contribution in [1.29, 1.82) is 0 Å². The van der Waals surface area contributed by atoms with E-state index in [1.165, 1.54) is 10.7 Å². The van der Waals surface area contributed by atoms with Crippen LogP contribution in [0.1, 0.15) is 41.7 Å². The van der Waals surface area contributed by atoms with Gasteiger partial charge >= 0.3 is 5.97 Å². The highest BCUT2D eigenvalue weighted by molar-refractivity contribution is 5.85. The fraction of sp³-hybridized carbons (Fsp3) is 0.417. The summed E-state index contributed by atoms with van der Waals surface area (Å²) in [6.45, 7) is 5.63. The molecule has 7 heteroatoms. The van der Waals surface area contributed by atoms with Crippen molar-refractivity contribution in [1.82, 2.24) is 24.7 Å². The van der Waals surface area contributed by atoms with Gasteiger partial charge in [0, 0.05) is 18.5 Å². The van der Waals surface area contributed by atoms with Crippen LogP contribution >= 0.6 is 0 Å². The van der Waals surface area contributed by atoms with Crippen molar-refractivity contribution in [2.45, 2.75) is 33.6 Å². The molecular weight excluding hydrogens is 246 g/mol. The lowest BCUT2D eigenvalue weighted by Gasteiger charge is -2.04. The Kier molecular flexibility index (Phi) is 3.55. The van der Waals surface area contributed by atoms with Crippen molar-refractivity contribution in [3.8, 4) is 5.95 Å². The summed E-state index contributed by atoms with van der Waals surface area (Å²) in [7, 11) is 0. The highest BCUT2D eigenvalue weighted by Crippen LogP contribution is 2.09. The van der Waals surface area contributed by atoms with Gasteiger partial charge in [-0.3, -0.25) is 0 Å². The Morgan fingerprint density at radius 3 is 2.58 bits per heavy atom. The predicted molar refractivity (Wildman–Crippen MR) is 67.4 cm³/mol. The number of rotatable bonds is 4. The Bertz CT molecular complexity index is 621. The molecule has 0 saturated carbocycles. The van der Waals surface area contributed by atoms with Gasteiger partial charge in [-0.25, -0.2) is 19.7 Å². The lowest BCUT2D eigenvalue weighted by Crippen LogP contribution is -2.12. The molecule has 0 aliphatic carbocycles. The van der Waals surface area contributed by atoms with Crippen molar-refractivity contribution in [2.24, 2.45) is 0 Å². The minimum atomic E-state index is -1.08. The molecule has 7 nitrogen and oxygen atoms in total. The lowest BCUT2D eigenvalue weighted by atomic mass is 10.3. The number of aryl methyl sites for hydroxylation is 3. The summed E-state index contributed by atoms with van der Waals surface area (Å²) in [5.41, 5.74) is 0.538. The summed E-state index contributed by atoms with van der Waals surface area (Å²) >= 11 is 0. The van der Waals surface area contributed by atoms with Gasteiger partial charge in [0.05, 0.1) is 0 Å². The molecule has 2 aromatic heterocycles. The predicted octanol–water partition coefficient (Wildman–Crippen LogP) is 1.19. The van der Waals surface area contributed by atoms with Crippen LogP contribution in [0.5, 0.6) is 0 Å². The van der Waals surface area contributed by atoms with Gasteiger partial charge in [-0.2, -0.15) is 4.68 Å². The molecule has 0 saturated heterocycles. The van der Waals surface area contributed by atoms with E-state index in [1.54, 1.807) is 6.92 Å². The van der Waals surface area contributed by atoms with Crippen LogP contribution in [0, 0.1) is 6.92 Å². The van der Waals surface area contributed by atoms with Gasteiger partial charge in [-0.1, -0.05) is 13.8 Å². The molecule has 0 aliphatic heterocycles. The number of aromatic nitrogens is 5. The van der Waals surface area contributed by atoms with Gasteiger partial charge < -0.3 is 5.11 Å². The molecule has 2 aromatic rings. The summed E-state index contributed by atoms with van der Waals surface area (Å²) < 4.78 is 1.51. The van der Waals surface area contributed by atoms with Crippen LogP contribution in [0.15, 0.2) is 6.07 Å². The van der Waals surface area contributed by atoms with Crippen LogP contribution in [0.3, 0.4) is 0 Å². The molecule has 0 fully saturated rings. The third-order valence-corrected chi connectivity index (χ3v) is 2.60. The van der Waals surface area contributed by atoms with Crippen LogP contribution in [0.25, 0.3) is 5.95 Å². The Balaban J connectivity index is 2.57. The Morgan fingerprint density at radius 2 is 2.00 bits per heavy atom. The van der Waals surface area contributed by atoms with E-state index in [9.17, 15) is 4.79 Å². The van der Waals surface area contributed by atoms with E-state index in [0.717, 1.165) is 5.82 Å². The Labute approximate surface area is 110 Å². The summed E-state index contributed by atoms with van der Waals surface area (Å²) in [6.07, 6.45) is 1.38. The molecule has 0 radical (unpaired) electrons. The summed E-state index contributed by atoms with van der Waals surface area (Å²) in [5.74, 6) is 0.583. The fourth-order valence-corrected chi connectivity index (χ4v) is 1.69. The molecule has 19 heavy (non-hydrogen) atoms. The molecule has 0 bridgehead atoms. The first-order valence-electron chi connectivity index (χ1n) is 6.09. The van der Waals surface area contributed by atoms with Gasteiger partial charge in [-0.15, -0.1) is 5.10 Å². The largest absolute Gasteiger partial charge is 0.477 e.